The summed E-state index contributed by atoms with van der Waals surface area (Å²) in [5.74, 6) is -0.521. The van der Waals surface area contributed by atoms with Gasteiger partial charge in [-0.3, -0.25) is 4.79 Å². The number of ether oxygens (including phenoxy) is 1. The molecule has 98 valence electrons. The summed E-state index contributed by atoms with van der Waals surface area (Å²) in [5.41, 5.74) is 5.34. The lowest BCUT2D eigenvalue weighted by Crippen LogP contribution is -2.12. The normalized spacial score (nSPS) is 10.3. The summed E-state index contributed by atoms with van der Waals surface area (Å²) >= 11 is 8.95. The van der Waals surface area contributed by atoms with Gasteiger partial charge in [-0.15, -0.1) is 0 Å². The predicted octanol–water partition coefficient (Wildman–Crippen LogP) is 4.13. The van der Waals surface area contributed by atoms with E-state index in [1.54, 1.807) is 12.1 Å². The lowest BCUT2D eigenvalue weighted by atomic mass is 10.2. The van der Waals surface area contributed by atoms with Gasteiger partial charge in [0.25, 0.3) is 5.91 Å². The van der Waals surface area contributed by atoms with Crippen molar-refractivity contribution in [2.45, 2.75) is 0 Å². The minimum absolute atomic E-state index is 0.0876. The minimum atomic E-state index is -0.693. The molecule has 6 heteroatoms. The maximum atomic E-state index is 13.1. The largest absolute Gasteiger partial charge is 0.456 e. The zero-order valence-electron chi connectivity index (χ0n) is 9.49. The molecule has 0 aliphatic rings. The third-order valence-corrected chi connectivity index (χ3v) is 3.26. The van der Waals surface area contributed by atoms with E-state index in [1.165, 1.54) is 24.3 Å². The Kier molecular flexibility index (Phi) is 4.07. The first kappa shape index (κ1) is 13.8. The highest BCUT2D eigenvalue weighted by molar-refractivity contribution is 9.10. The van der Waals surface area contributed by atoms with Crippen molar-refractivity contribution in [3.05, 3.63) is 57.3 Å². The summed E-state index contributed by atoms with van der Waals surface area (Å²) in [5, 5.41) is 0.200. The molecule has 0 atom stereocenters. The Bertz CT molecular complexity index is 649. The Morgan fingerprint density at radius 1 is 1.32 bits per heavy atom. The second kappa shape index (κ2) is 5.59. The predicted molar refractivity (Wildman–Crippen MR) is 74.1 cm³/mol. The summed E-state index contributed by atoms with van der Waals surface area (Å²) in [6, 6.07) is 8.85. The molecule has 0 unspecified atom stereocenters. The van der Waals surface area contributed by atoms with E-state index in [1.807, 2.05) is 0 Å². The van der Waals surface area contributed by atoms with Gasteiger partial charge in [0.1, 0.15) is 22.9 Å². The molecule has 19 heavy (non-hydrogen) atoms. The summed E-state index contributed by atoms with van der Waals surface area (Å²) in [4.78, 5) is 11.3. The second-order valence-corrected chi connectivity index (χ2v) is 4.92. The number of amides is 1. The van der Waals surface area contributed by atoms with Crippen LogP contribution < -0.4 is 10.5 Å². The summed E-state index contributed by atoms with van der Waals surface area (Å²) < 4.78 is 18.9. The third-order valence-electron chi connectivity index (χ3n) is 2.34. The number of hydrogen-bond acceptors (Lipinski definition) is 2. The highest BCUT2D eigenvalue weighted by Gasteiger charge is 2.14. The van der Waals surface area contributed by atoms with Crippen LogP contribution in [0.3, 0.4) is 0 Å². The van der Waals surface area contributed by atoms with Gasteiger partial charge in [0.2, 0.25) is 0 Å². The van der Waals surface area contributed by atoms with Crippen molar-refractivity contribution in [2.75, 3.05) is 0 Å². The number of primary amides is 1. The standard InChI is InChI=1S/C13H8BrClFNO2/c14-8-6-7(4-5-10(8)16)19-11-3-1-2-9(15)12(11)13(17)18/h1-6H,(H2,17,18). The van der Waals surface area contributed by atoms with Crippen LogP contribution in [0.15, 0.2) is 40.9 Å². The maximum absolute atomic E-state index is 13.1. The summed E-state index contributed by atoms with van der Waals surface area (Å²) in [6.07, 6.45) is 0. The minimum Gasteiger partial charge on any atom is -0.456 e. The monoisotopic (exact) mass is 343 g/mol. The third kappa shape index (κ3) is 3.05. The van der Waals surface area contributed by atoms with E-state index in [-0.39, 0.29) is 20.8 Å². The van der Waals surface area contributed by atoms with E-state index in [0.717, 1.165) is 0 Å². The van der Waals surface area contributed by atoms with Crippen molar-refractivity contribution in [1.29, 1.82) is 0 Å². The molecule has 0 spiro atoms. The highest BCUT2D eigenvalue weighted by atomic mass is 79.9. The molecule has 3 nitrogen and oxygen atoms in total. The maximum Gasteiger partial charge on any atom is 0.254 e. The first-order chi connectivity index (χ1) is 8.99. The number of halogens is 3. The zero-order chi connectivity index (χ0) is 14.0. The molecule has 2 aromatic carbocycles. The van der Waals surface area contributed by atoms with Gasteiger partial charge in [-0.05, 0) is 46.3 Å². The van der Waals surface area contributed by atoms with Gasteiger partial charge < -0.3 is 10.5 Å². The van der Waals surface area contributed by atoms with Crippen molar-refractivity contribution < 1.29 is 13.9 Å². The molecule has 0 aliphatic carbocycles. The fraction of sp³-hybridized carbons (Fsp3) is 0. The average molecular weight is 345 g/mol. The number of carbonyl (C=O) groups excluding carboxylic acids is 1. The van der Waals surface area contributed by atoms with Crippen LogP contribution in [0.5, 0.6) is 11.5 Å². The van der Waals surface area contributed by atoms with Crippen LogP contribution in [0.4, 0.5) is 4.39 Å². The number of carbonyl (C=O) groups is 1. The van der Waals surface area contributed by atoms with Crippen LogP contribution >= 0.6 is 27.5 Å². The molecule has 2 aromatic rings. The molecular weight excluding hydrogens is 337 g/mol. The van der Waals surface area contributed by atoms with Crippen LogP contribution in [0.1, 0.15) is 10.4 Å². The van der Waals surface area contributed by atoms with Crippen LogP contribution in [-0.4, -0.2) is 5.91 Å². The van der Waals surface area contributed by atoms with Crippen molar-refractivity contribution >= 4 is 33.4 Å². The number of rotatable bonds is 3. The van der Waals surface area contributed by atoms with Gasteiger partial charge >= 0.3 is 0 Å². The van der Waals surface area contributed by atoms with E-state index in [9.17, 15) is 9.18 Å². The molecule has 2 rings (SSSR count). The number of benzene rings is 2. The van der Waals surface area contributed by atoms with Gasteiger partial charge in [0.15, 0.2) is 0 Å². The molecule has 0 fully saturated rings. The molecule has 0 radical (unpaired) electrons. The summed E-state index contributed by atoms with van der Waals surface area (Å²) in [7, 11) is 0. The van der Waals surface area contributed by atoms with Gasteiger partial charge in [-0.2, -0.15) is 0 Å². The molecule has 0 saturated carbocycles. The molecule has 0 aliphatic heterocycles. The number of hydrogen-bond donors (Lipinski definition) is 1. The molecule has 0 bridgehead atoms. The van der Waals surface area contributed by atoms with Crippen molar-refractivity contribution in [3.8, 4) is 11.5 Å². The van der Waals surface area contributed by atoms with E-state index in [4.69, 9.17) is 22.1 Å². The second-order valence-electron chi connectivity index (χ2n) is 3.66. The fourth-order valence-electron chi connectivity index (χ4n) is 1.50. The van der Waals surface area contributed by atoms with E-state index < -0.39 is 11.7 Å². The van der Waals surface area contributed by atoms with Gasteiger partial charge in [0.05, 0.1) is 9.50 Å². The molecular formula is C13H8BrClFNO2. The van der Waals surface area contributed by atoms with Crippen molar-refractivity contribution in [3.63, 3.8) is 0 Å². The highest BCUT2D eigenvalue weighted by Crippen LogP contribution is 2.31. The first-order valence-corrected chi connectivity index (χ1v) is 6.37. The van der Waals surface area contributed by atoms with Gasteiger partial charge in [-0.1, -0.05) is 17.7 Å². The molecule has 2 N–H and O–H groups in total. The molecule has 0 saturated heterocycles. The molecule has 1 amide bonds. The SMILES string of the molecule is NC(=O)c1c(Cl)cccc1Oc1ccc(F)c(Br)c1. The Morgan fingerprint density at radius 2 is 2.05 bits per heavy atom. The quantitative estimate of drug-likeness (QED) is 0.910. The lowest BCUT2D eigenvalue weighted by Gasteiger charge is -2.10. The van der Waals surface area contributed by atoms with Gasteiger partial charge in [-0.25, -0.2) is 4.39 Å². The Hall–Kier alpha value is -1.59. The van der Waals surface area contributed by atoms with E-state index >= 15 is 0 Å². The first-order valence-electron chi connectivity index (χ1n) is 5.20. The Labute approximate surface area is 122 Å². The lowest BCUT2D eigenvalue weighted by molar-refractivity contribution is 0.0998. The fourth-order valence-corrected chi connectivity index (χ4v) is 2.11. The van der Waals surface area contributed by atoms with Crippen LogP contribution in [0.25, 0.3) is 0 Å². The van der Waals surface area contributed by atoms with Crippen molar-refractivity contribution in [2.24, 2.45) is 5.73 Å². The van der Waals surface area contributed by atoms with Crippen LogP contribution in [0, 0.1) is 5.82 Å². The van der Waals surface area contributed by atoms with Crippen LogP contribution in [-0.2, 0) is 0 Å². The van der Waals surface area contributed by atoms with E-state index in [2.05, 4.69) is 15.9 Å². The average Bonchev–Trinajstić information content (AvgIpc) is 2.33. The zero-order valence-corrected chi connectivity index (χ0v) is 11.8. The Balaban J connectivity index is 2.40. The topological polar surface area (TPSA) is 52.3 Å². The van der Waals surface area contributed by atoms with E-state index in [0.29, 0.717) is 5.75 Å². The van der Waals surface area contributed by atoms with Crippen LogP contribution in [0.2, 0.25) is 5.02 Å². The number of nitrogens with two attached hydrogens (primary N) is 1. The summed E-state index contributed by atoms with van der Waals surface area (Å²) in [6.45, 7) is 0. The smallest absolute Gasteiger partial charge is 0.254 e. The Morgan fingerprint density at radius 3 is 2.68 bits per heavy atom. The molecule has 0 aromatic heterocycles. The van der Waals surface area contributed by atoms with Crippen molar-refractivity contribution in [1.82, 2.24) is 0 Å². The van der Waals surface area contributed by atoms with Gasteiger partial charge in [0, 0.05) is 0 Å². The molecule has 0 heterocycles.